The van der Waals surface area contributed by atoms with Crippen molar-refractivity contribution in [1.29, 1.82) is 0 Å². The molecule has 0 spiro atoms. The maximum absolute atomic E-state index is 11.9. The summed E-state index contributed by atoms with van der Waals surface area (Å²) in [4.78, 5) is 40.3. The van der Waals surface area contributed by atoms with Gasteiger partial charge in [-0.05, 0) is 19.1 Å². The fourth-order valence-electron chi connectivity index (χ4n) is 2.22. The Labute approximate surface area is 163 Å². The highest BCUT2D eigenvalue weighted by Gasteiger charge is 2.09. The van der Waals surface area contributed by atoms with E-state index in [9.17, 15) is 14.4 Å². The molecule has 9 heteroatoms. The van der Waals surface area contributed by atoms with E-state index in [1.807, 2.05) is 31.2 Å². The van der Waals surface area contributed by atoms with Crippen LogP contribution in [0.5, 0.6) is 0 Å². The first kappa shape index (κ1) is 19.1. The van der Waals surface area contributed by atoms with Crippen LogP contribution in [0.15, 0.2) is 46.7 Å². The zero-order valence-electron chi connectivity index (χ0n) is 14.5. The molecular weight excluding hydrogens is 386 g/mol. The number of aryl methyl sites for hydroxylation is 1. The van der Waals surface area contributed by atoms with Crippen LogP contribution in [0.4, 0.5) is 5.69 Å². The highest BCUT2D eigenvalue weighted by atomic mass is 32.2. The monoisotopic (exact) mass is 403 g/mol. The molecule has 0 radical (unpaired) electrons. The molecule has 1 aromatic carbocycles. The van der Waals surface area contributed by atoms with Crippen molar-refractivity contribution in [1.82, 2.24) is 9.38 Å². The minimum absolute atomic E-state index is 0.0432. The molecule has 0 bridgehead atoms. The lowest BCUT2D eigenvalue weighted by atomic mass is 10.2. The largest absolute Gasteiger partial charge is 0.459 e. The van der Waals surface area contributed by atoms with Crippen molar-refractivity contribution in [3.8, 4) is 0 Å². The molecule has 1 amide bonds. The number of benzene rings is 1. The molecule has 7 nitrogen and oxygen atoms in total. The first-order valence-electron chi connectivity index (χ1n) is 8.07. The number of thiazole rings is 1. The highest BCUT2D eigenvalue weighted by Crippen LogP contribution is 2.11. The zero-order valence-corrected chi connectivity index (χ0v) is 16.1. The van der Waals surface area contributed by atoms with Crippen LogP contribution < -0.4 is 10.9 Å². The van der Waals surface area contributed by atoms with Crippen molar-refractivity contribution in [3.05, 3.63) is 63.5 Å². The molecule has 0 fully saturated rings. The average Bonchev–Trinajstić information content (AvgIpc) is 3.11. The molecule has 0 saturated heterocycles. The van der Waals surface area contributed by atoms with Gasteiger partial charge in [0.2, 0.25) is 5.91 Å². The molecule has 0 saturated carbocycles. The molecule has 3 rings (SSSR count). The highest BCUT2D eigenvalue weighted by molar-refractivity contribution is 8.00. The minimum atomic E-state index is -0.462. The number of aromatic nitrogens is 2. The van der Waals surface area contributed by atoms with E-state index in [4.69, 9.17) is 4.74 Å². The van der Waals surface area contributed by atoms with Gasteiger partial charge in [0, 0.05) is 23.3 Å². The van der Waals surface area contributed by atoms with Gasteiger partial charge in [0.1, 0.15) is 6.61 Å². The first-order valence-corrected chi connectivity index (χ1v) is 10.1. The summed E-state index contributed by atoms with van der Waals surface area (Å²) in [7, 11) is 0. The van der Waals surface area contributed by atoms with E-state index in [2.05, 4.69) is 10.3 Å². The molecule has 0 aliphatic rings. The third-order valence-electron chi connectivity index (χ3n) is 3.53. The minimum Gasteiger partial charge on any atom is -0.459 e. The Bertz CT molecular complexity index is 1010. The second-order valence-electron chi connectivity index (χ2n) is 5.71. The van der Waals surface area contributed by atoms with E-state index >= 15 is 0 Å². The number of carbonyl (C=O) groups is 2. The Morgan fingerprint density at radius 1 is 1.26 bits per heavy atom. The van der Waals surface area contributed by atoms with Crippen LogP contribution >= 0.6 is 23.1 Å². The number of amides is 1. The van der Waals surface area contributed by atoms with Crippen molar-refractivity contribution in [3.63, 3.8) is 0 Å². The number of carbonyl (C=O) groups excluding carboxylic acids is 2. The summed E-state index contributed by atoms with van der Waals surface area (Å²) in [6, 6.07) is 8.81. The Morgan fingerprint density at radius 3 is 2.81 bits per heavy atom. The van der Waals surface area contributed by atoms with E-state index in [1.54, 1.807) is 11.6 Å². The lowest BCUT2D eigenvalue weighted by Crippen LogP contribution is -2.17. The van der Waals surface area contributed by atoms with Crippen molar-refractivity contribution >= 4 is 45.6 Å². The molecular formula is C18H17N3O4S2. The van der Waals surface area contributed by atoms with Crippen LogP contribution in [-0.4, -0.2) is 32.8 Å². The second-order valence-corrected chi connectivity index (χ2v) is 7.57. The van der Waals surface area contributed by atoms with Crippen molar-refractivity contribution in [2.45, 2.75) is 13.5 Å². The van der Waals surface area contributed by atoms with Gasteiger partial charge >= 0.3 is 5.97 Å². The zero-order chi connectivity index (χ0) is 19.2. The summed E-state index contributed by atoms with van der Waals surface area (Å²) in [5.74, 6) is -0.462. The van der Waals surface area contributed by atoms with Crippen LogP contribution in [0.3, 0.4) is 0 Å². The molecule has 0 unspecified atom stereocenters. The quantitative estimate of drug-likeness (QED) is 0.610. The van der Waals surface area contributed by atoms with Crippen molar-refractivity contribution in [2.24, 2.45) is 0 Å². The molecule has 0 aliphatic carbocycles. The lowest BCUT2D eigenvalue weighted by molar-refractivity contribution is -0.141. The van der Waals surface area contributed by atoms with Gasteiger partial charge in [0.15, 0.2) is 4.96 Å². The first-order chi connectivity index (χ1) is 13.0. The smallest absolute Gasteiger partial charge is 0.316 e. The van der Waals surface area contributed by atoms with Crippen LogP contribution in [0.25, 0.3) is 4.96 Å². The molecule has 0 aliphatic heterocycles. The Kier molecular flexibility index (Phi) is 6.25. The fraction of sp³-hybridized carbons (Fsp3) is 0.222. The van der Waals surface area contributed by atoms with Gasteiger partial charge in [0.05, 0.1) is 17.2 Å². The summed E-state index contributed by atoms with van der Waals surface area (Å²) in [5, 5.41) is 4.53. The standard InChI is InChI=1S/C18H17N3O4S2/c1-12-2-4-13(5-3-12)19-15(22)10-26-11-17(24)25-9-14-8-16(23)21-6-7-27-18(21)20-14/h2-8H,9-11H2,1H3,(H,19,22). The number of thioether (sulfide) groups is 1. The van der Waals surface area contributed by atoms with Gasteiger partial charge in [0.25, 0.3) is 5.56 Å². The van der Waals surface area contributed by atoms with E-state index in [0.29, 0.717) is 10.7 Å². The number of hydrogen-bond acceptors (Lipinski definition) is 7. The number of nitrogens with one attached hydrogen (secondary N) is 1. The van der Waals surface area contributed by atoms with E-state index in [1.165, 1.54) is 21.8 Å². The van der Waals surface area contributed by atoms with Gasteiger partial charge in [-0.1, -0.05) is 17.7 Å². The third-order valence-corrected chi connectivity index (χ3v) is 5.19. The Morgan fingerprint density at radius 2 is 2.04 bits per heavy atom. The van der Waals surface area contributed by atoms with Gasteiger partial charge in [-0.3, -0.25) is 18.8 Å². The maximum Gasteiger partial charge on any atom is 0.316 e. The molecule has 1 N–H and O–H groups in total. The van der Waals surface area contributed by atoms with Gasteiger partial charge in [-0.25, -0.2) is 4.98 Å². The predicted molar refractivity (Wildman–Crippen MR) is 106 cm³/mol. The van der Waals surface area contributed by atoms with Crippen molar-refractivity contribution in [2.75, 3.05) is 16.8 Å². The molecule has 0 atom stereocenters. The number of fused-ring (bicyclic) bond motifs is 1. The maximum atomic E-state index is 11.9. The predicted octanol–water partition coefficient (Wildman–Crippen LogP) is 2.48. The summed E-state index contributed by atoms with van der Waals surface area (Å²) in [6.07, 6.45) is 1.64. The van der Waals surface area contributed by atoms with Crippen LogP contribution in [0.1, 0.15) is 11.3 Å². The molecule has 2 aromatic heterocycles. The van der Waals surface area contributed by atoms with Crippen LogP contribution in [-0.2, 0) is 20.9 Å². The van der Waals surface area contributed by atoms with Crippen molar-refractivity contribution < 1.29 is 14.3 Å². The number of rotatable bonds is 7. The third kappa shape index (κ3) is 5.41. The van der Waals surface area contributed by atoms with Gasteiger partial charge < -0.3 is 10.1 Å². The Hall–Kier alpha value is -2.65. The number of esters is 1. The fourth-order valence-corrected chi connectivity index (χ4v) is 3.57. The summed E-state index contributed by atoms with van der Waals surface area (Å²) < 4.78 is 6.55. The number of anilines is 1. The topological polar surface area (TPSA) is 89.8 Å². The van der Waals surface area contributed by atoms with Crippen LogP contribution in [0, 0.1) is 6.92 Å². The second kappa shape index (κ2) is 8.83. The van der Waals surface area contributed by atoms with E-state index < -0.39 is 5.97 Å². The summed E-state index contributed by atoms with van der Waals surface area (Å²) in [5.41, 5.74) is 2.02. The van der Waals surface area contributed by atoms with E-state index in [-0.39, 0.29) is 29.6 Å². The van der Waals surface area contributed by atoms with Crippen LogP contribution in [0.2, 0.25) is 0 Å². The molecule has 140 valence electrons. The number of hydrogen-bond donors (Lipinski definition) is 1. The molecule has 2 heterocycles. The Balaban J connectivity index is 1.40. The average molecular weight is 403 g/mol. The SMILES string of the molecule is Cc1ccc(NC(=O)CSCC(=O)OCc2cc(=O)n3ccsc3n2)cc1. The number of ether oxygens (including phenoxy) is 1. The molecule has 3 aromatic rings. The summed E-state index contributed by atoms with van der Waals surface area (Å²) >= 11 is 2.49. The number of nitrogens with zero attached hydrogens (tertiary/aromatic N) is 2. The van der Waals surface area contributed by atoms with Gasteiger partial charge in [-0.15, -0.1) is 23.1 Å². The molecule has 27 heavy (non-hydrogen) atoms. The lowest BCUT2D eigenvalue weighted by Gasteiger charge is -2.06. The summed E-state index contributed by atoms with van der Waals surface area (Å²) in [6.45, 7) is 1.90. The van der Waals surface area contributed by atoms with Gasteiger partial charge in [-0.2, -0.15) is 0 Å². The normalized spacial score (nSPS) is 10.7. The van der Waals surface area contributed by atoms with E-state index in [0.717, 1.165) is 23.0 Å².